The Morgan fingerprint density at radius 2 is 2.12 bits per heavy atom. The minimum Gasteiger partial charge on any atom is -0.456 e. The summed E-state index contributed by atoms with van der Waals surface area (Å²) in [5.74, 6) is 4.69. The SMILES string of the molecule is [CH2]C(CC)OCCC#CC(=O)OCCCC. The molecule has 0 heterocycles. The highest BCUT2D eigenvalue weighted by Crippen LogP contribution is 1.95. The minimum absolute atomic E-state index is 0.0123. The average molecular weight is 225 g/mol. The molecule has 0 aliphatic carbocycles. The van der Waals surface area contributed by atoms with Gasteiger partial charge in [-0.15, -0.1) is 0 Å². The van der Waals surface area contributed by atoms with Crippen LogP contribution in [0, 0.1) is 18.8 Å². The molecule has 0 N–H and O–H groups in total. The largest absolute Gasteiger partial charge is 0.456 e. The quantitative estimate of drug-likeness (QED) is 0.289. The van der Waals surface area contributed by atoms with Gasteiger partial charge in [0.2, 0.25) is 0 Å². The molecule has 0 rings (SSSR count). The van der Waals surface area contributed by atoms with E-state index in [0.29, 0.717) is 19.6 Å². The van der Waals surface area contributed by atoms with E-state index < -0.39 is 5.97 Å². The molecular formula is C13H21O3. The Morgan fingerprint density at radius 3 is 2.75 bits per heavy atom. The second kappa shape index (κ2) is 10.5. The number of hydrogen-bond donors (Lipinski definition) is 0. The maximum Gasteiger partial charge on any atom is 0.384 e. The molecule has 0 saturated carbocycles. The Morgan fingerprint density at radius 1 is 1.38 bits per heavy atom. The molecule has 16 heavy (non-hydrogen) atoms. The summed E-state index contributed by atoms with van der Waals surface area (Å²) in [6.07, 6.45) is 3.33. The Labute approximate surface area is 98.5 Å². The zero-order chi connectivity index (χ0) is 12.2. The lowest BCUT2D eigenvalue weighted by Crippen LogP contribution is -2.07. The summed E-state index contributed by atoms with van der Waals surface area (Å²) in [7, 11) is 0. The van der Waals surface area contributed by atoms with Gasteiger partial charge in [0, 0.05) is 12.3 Å². The van der Waals surface area contributed by atoms with E-state index in [0.717, 1.165) is 19.3 Å². The number of hydrogen-bond acceptors (Lipinski definition) is 3. The van der Waals surface area contributed by atoms with E-state index in [1.54, 1.807) is 0 Å². The fourth-order valence-electron chi connectivity index (χ4n) is 0.874. The van der Waals surface area contributed by atoms with Crippen LogP contribution in [0.15, 0.2) is 0 Å². The molecule has 0 aliphatic rings. The summed E-state index contributed by atoms with van der Waals surface area (Å²) >= 11 is 0. The Hall–Kier alpha value is -1.01. The van der Waals surface area contributed by atoms with Crippen molar-refractivity contribution < 1.29 is 14.3 Å². The zero-order valence-electron chi connectivity index (χ0n) is 10.3. The molecule has 1 unspecified atom stereocenters. The van der Waals surface area contributed by atoms with Gasteiger partial charge in [0.1, 0.15) is 0 Å². The molecule has 0 aliphatic heterocycles. The Bertz CT molecular complexity index is 237. The van der Waals surface area contributed by atoms with Crippen LogP contribution in [0.4, 0.5) is 0 Å². The van der Waals surface area contributed by atoms with Crippen LogP contribution in [0.2, 0.25) is 0 Å². The molecule has 0 aromatic heterocycles. The molecule has 1 radical (unpaired) electrons. The molecule has 0 fully saturated rings. The summed E-state index contributed by atoms with van der Waals surface area (Å²) in [4.78, 5) is 11.0. The van der Waals surface area contributed by atoms with Crippen molar-refractivity contribution in [2.75, 3.05) is 13.2 Å². The van der Waals surface area contributed by atoms with Gasteiger partial charge in [-0.25, -0.2) is 4.79 Å². The van der Waals surface area contributed by atoms with Crippen molar-refractivity contribution >= 4 is 5.97 Å². The lowest BCUT2D eigenvalue weighted by Gasteiger charge is -2.07. The Balaban J connectivity index is 3.48. The van der Waals surface area contributed by atoms with Gasteiger partial charge in [-0.2, -0.15) is 0 Å². The summed E-state index contributed by atoms with van der Waals surface area (Å²) in [5, 5.41) is 0. The van der Waals surface area contributed by atoms with Gasteiger partial charge in [0.25, 0.3) is 0 Å². The van der Waals surface area contributed by atoms with Crippen LogP contribution in [0.1, 0.15) is 39.5 Å². The fourth-order valence-corrected chi connectivity index (χ4v) is 0.874. The maximum atomic E-state index is 11.0. The van der Waals surface area contributed by atoms with E-state index in [1.807, 2.05) is 13.8 Å². The van der Waals surface area contributed by atoms with Crippen molar-refractivity contribution in [3.05, 3.63) is 6.92 Å². The average Bonchev–Trinajstić information content (AvgIpc) is 2.28. The number of rotatable bonds is 7. The van der Waals surface area contributed by atoms with E-state index in [9.17, 15) is 4.79 Å². The third kappa shape index (κ3) is 9.54. The highest BCUT2D eigenvalue weighted by Gasteiger charge is 1.97. The van der Waals surface area contributed by atoms with Crippen molar-refractivity contribution in [3.8, 4) is 11.8 Å². The highest BCUT2D eigenvalue weighted by atomic mass is 16.5. The van der Waals surface area contributed by atoms with Crippen LogP contribution in [0.25, 0.3) is 0 Å². The van der Waals surface area contributed by atoms with Gasteiger partial charge in [-0.05, 0) is 19.8 Å². The lowest BCUT2D eigenvalue weighted by atomic mass is 10.3. The first-order valence-electron chi connectivity index (χ1n) is 5.81. The van der Waals surface area contributed by atoms with E-state index >= 15 is 0 Å². The second-order valence-corrected chi connectivity index (χ2v) is 3.44. The maximum absolute atomic E-state index is 11.0. The third-order valence-corrected chi connectivity index (χ3v) is 1.96. The van der Waals surface area contributed by atoms with Crippen LogP contribution in [-0.4, -0.2) is 25.3 Å². The molecular weight excluding hydrogens is 204 g/mol. The summed E-state index contributed by atoms with van der Waals surface area (Å²) in [6.45, 7) is 8.79. The number of ether oxygens (including phenoxy) is 2. The lowest BCUT2D eigenvalue weighted by molar-refractivity contribution is -0.136. The van der Waals surface area contributed by atoms with Gasteiger partial charge < -0.3 is 9.47 Å². The van der Waals surface area contributed by atoms with Crippen LogP contribution in [0.5, 0.6) is 0 Å². The molecule has 0 amide bonds. The van der Waals surface area contributed by atoms with E-state index in [2.05, 4.69) is 18.8 Å². The molecule has 0 spiro atoms. The standard InChI is InChI=1S/C13H21O3/c1-4-6-10-16-13(14)9-7-8-11-15-12(3)5-2/h12H,3-6,8,10-11H2,1-2H3. The predicted molar refractivity (Wildman–Crippen MR) is 63.6 cm³/mol. The topological polar surface area (TPSA) is 35.5 Å². The van der Waals surface area contributed by atoms with Gasteiger partial charge in [-0.1, -0.05) is 26.2 Å². The highest BCUT2D eigenvalue weighted by molar-refractivity contribution is 5.88. The molecule has 1 atom stereocenters. The van der Waals surface area contributed by atoms with Gasteiger partial charge in [0.15, 0.2) is 0 Å². The first kappa shape index (κ1) is 15.0. The van der Waals surface area contributed by atoms with E-state index in [-0.39, 0.29) is 6.10 Å². The Kier molecular flexibility index (Phi) is 9.84. The van der Waals surface area contributed by atoms with Crippen molar-refractivity contribution in [2.45, 2.75) is 45.6 Å². The fraction of sp³-hybridized carbons (Fsp3) is 0.692. The summed E-state index contributed by atoms with van der Waals surface area (Å²) in [6, 6.07) is 0. The van der Waals surface area contributed by atoms with Crippen molar-refractivity contribution in [1.29, 1.82) is 0 Å². The van der Waals surface area contributed by atoms with Crippen LogP contribution < -0.4 is 0 Å². The summed E-state index contributed by atoms with van der Waals surface area (Å²) < 4.78 is 10.2. The summed E-state index contributed by atoms with van der Waals surface area (Å²) in [5.41, 5.74) is 0. The van der Waals surface area contributed by atoms with E-state index in [1.165, 1.54) is 0 Å². The van der Waals surface area contributed by atoms with Crippen molar-refractivity contribution in [2.24, 2.45) is 0 Å². The third-order valence-electron chi connectivity index (χ3n) is 1.96. The van der Waals surface area contributed by atoms with E-state index in [4.69, 9.17) is 9.47 Å². The molecule has 0 aromatic rings. The normalized spacial score (nSPS) is 11.4. The molecule has 0 aromatic carbocycles. The molecule has 0 saturated heterocycles. The van der Waals surface area contributed by atoms with Gasteiger partial charge >= 0.3 is 5.97 Å². The van der Waals surface area contributed by atoms with Gasteiger partial charge in [-0.3, -0.25) is 0 Å². The van der Waals surface area contributed by atoms with Crippen molar-refractivity contribution in [3.63, 3.8) is 0 Å². The molecule has 0 bridgehead atoms. The second-order valence-electron chi connectivity index (χ2n) is 3.44. The minimum atomic E-state index is -0.449. The van der Waals surface area contributed by atoms with Crippen LogP contribution in [-0.2, 0) is 14.3 Å². The van der Waals surface area contributed by atoms with Crippen LogP contribution in [0.3, 0.4) is 0 Å². The smallest absolute Gasteiger partial charge is 0.384 e. The van der Waals surface area contributed by atoms with Crippen molar-refractivity contribution in [1.82, 2.24) is 0 Å². The predicted octanol–water partition coefficient (Wildman–Crippen LogP) is 2.35. The number of unbranched alkanes of at least 4 members (excludes halogenated alkanes) is 1. The molecule has 91 valence electrons. The molecule has 3 heteroatoms. The molecule has 3 nitrogen and oxygen atoms in total. The first-order valence-corrected chi connectivity index (χ1v) is 5.81. The first-order chi connectivity index (χ1) is 7.70. The van der Waals surface area contributed by atoms with Gasteiger partial charge in [0.05, 0.1) is 19.3 Å². The number of carbonyl (C=O) groups is 1. The number of carbonyl (C=O) groups excluding carboxylic acids is 1. The number of esters is 1. The van der Waals surface area contributed by atoms with Crippen LogP contribution >= 0.6 is 0 Å². The monoisotopic (exact) mass is 225 g/mol. The zero-order valence-corrected chi connectivity index (χ0v) is 10.3.